The zero-order valence-electron chi connectivity index (χ0n) is 29.7. The predicted molar refractivity (Wildman–Crippen MR) is 180 cm³/mol. The van der Waals surface area contributed by atoms with E-state index in [1.165, 1.54) is 6.92 Å². The number of hydrogen-bond donors (Lipinski definition) is 0. The second-order valence-electron chi connectivity index (χ2n) is 12.8. The Balaban J connectivity index is 1.59. The maximum absolute atomic E-state index is 13.3. The average Bonchev–Trinajstić information content (AvgIpc) is 3.09. The number of carbonyl (C=O) groups is 2. The number of ether oxygens (including phenoxy) is 6. The highest BCUT2D eigenvalue weighted by Gasteiger charge is 2.56. The van der Waals surface area contributed by atoms with Crippen molar-refractivity contribution < 1.29 is 60.0 Å². The fourth-order valence-corrected chi connectivity index (χ4v) is 6.13. The molecule has 1 heterocycles. The fourth-order valence-electron chi connectivity index (χ4n) is 6.13. The number of ketones is 1. The number of hydrogen-bond acceptors (Lipinski definition) is 8. The van der Waals surface area contributed by atoms with Gasteiger partial charge in [-0.15, -0.1) is 0 Å². The van der Waals surface area contributed by atoms with Crippen molar-refractivity contribution in [1.29, 1.82) is 0 Å². The van der Waals surface area contributed by atoms with Gasteiger partial charge in [-0.3, -0.25) is 9.59 Å². The van der Waals surface area contributed by atoms with Crippen LogP contribution in [-0.2, 0) is 29.2 Å². The molecule has 51 heavy (non-hydrogen) atoms. The van der Waals surface area contributed by atoms with Gasteiger partial charge in [0.25, 0.3) is 0 Å². The summed E-state index contributed by atoms with van der Waals surface area (Å²) < 4.78 is 96.7. The first-order valence-corrected chi connectivity index (χ1v) is 17.2. The van der Waals surface area contributed by atoms with Crippen LogP contribution < -0.4 is 14.2 Å². The lowest BCUT2D eigenvalue weighted by molar-refractivity contribution is -0.284. The summed E-state index contributed by atoms with van der Waals surface area (Å²) in [7, 11) is 3.12. The van der Waals surface area contributed by atoms with Crippen LogP contribution in [0.4, 0.5) is 22.0 Å². The molecule has 0 saturated carbocycles. The number of Topliss-reactive ketones (excluding diaryl/α,β-unsaturated/α-hetero) is 1. The summed E-state index contributed by atoms with van der Waals surface area (Å²) in [6.45, 7) is 4.38. The number of carbonyl (C=O) groups excluding carboxylic acids is 2. The summed E-state index contributed by atoms with van der Waals surface area (Å²) in [6.07, 6.45) is -0.665. The van der Waals surface area contributed by atoms with Crippen molar-refractivity contribution in [2.45, 2.75) is 95.1 Å². The van der Waals surface area contributed by atoms with Gasteiger partial charge in [0.15, 0.2) is 13.6 Å². The number of esters is 1. The first-order chi connectivity index (χ1) is 24.3. The first kappa shape index (κ1) is 41.7. The number of allylic oxidation sites excluding steroid dienone is 2. The molecule has 1 aliphatic rings. The van der Waals surface area contributed by atoms with Gasteiger partial charge in [-0.05, 0) is 74.8 Å². The van der Waals surface area contributed by atoms with E-state index in [1.54, 1.807) is 14.2 Å². The Morgan fingerprint density at radius 3 is 2.24 bits per heavy atom. The molecule has 0 N–H and O–H groups in total. The third-order valence-electron chi connectivity index (χ3n) is 9.05. The van der Waals surface area contributed by atoms with Crippen molar-refractivity contribution in [3.05, 3.63) is 65.7 Å². The lowest BCUT2D eigenvalue weighted by Gasteiger charge is -2.42. The van der Waals surface area contributed by atoms with E-state index in [4.69, 9.17) is 28.4 Å². The van der Waals surface area contributed by atoms with Crippen LogP contribution in [0.1, 0.15) is 88.7 Å². The average molecular weight is 729 g/mol. The second kappa shape index (κ2) is 19.8. The maximum Gasteiger partial charge on any atom is 0.453 e. The van der Waals surface area contributed by atoms with E-state index >= 15 is 0 Å². The van der Waals surface area contributed by atoms with E-state index in [2.05, 4.69) is 19.1 Å². The molecule has 0 aromatic heterocycles. The quantitative estimate of drug-likeness (QED) is 0.0296. The molecule has 3 rings (SSSR count). The number of methoxy groups -OCH3 is 2. The first-order valence-electron chi connectivity index (χ1n) is 17.2. The van der Waals surface area contributed by atoms with Crippen molar-refractivity contribution in [3.63, 3.8) is 0 Å². The van der Waals surface area contributed by atoms with Crippen LogP contribution in [0.15, 0.2) is 54.6 Å². The minimum atomic E-state index is -5.68. The van der Waals surface area contributed by atoms with E-state index in [9.17, 15) is 31.5 Å². The van der Waals surface area contributed by atoms with Crippen LogP contribution in [0.3, 0.4) is 0 Å². The zero-order chi connectivity index (χ0) is 37.5. The van der Waals surface area contributed by atoms with Crippen LogP contribution in [0.25, 0.3) is 0 Å². The van der Waals surface area contributed by atoms with E-state index in [0.717, 1.165) is 36.1 Å². The SMILES string of the molecule is CCOC(=O)C(CCCC(F)(F)C(F)(F)F)C(=O)CCCCCC=CCC1c2ccc(OCOC)cc2OCC1(C)c1ccc(OCOC)cc1. The molecule has 8 nitrogen and oxygen atoms in total. The zero-order valence-corrected chi connectivity index (χ0v) is 29.7. The molecule has 1 aliphatic heterocycles. The van der Waals surface area contributed by atoms with Gasteiger partial charge < -0.3 is 28.4 Å². The highest BCUT2D eigenvalue weighted by molar-refractivity contribution is 5.98. The van der Waals surface area contributed by atoms with Gasteiger partial charge in [0.05, 0.1) is 13.2 Å². The number of rotatable bonds is 22. The van der Waals surface area contributed by atoms with E-state index in [1.807, 2.05) is 42.5 Å². The standard InChI is InChI=1S/C38H49F5O8/c1-5-48-35(45)31(13-12-22-37(39,40)38(41,42)43)33(44)15-11-9-7-6-8-10-14-32-30-21-20-29(51-26-47-4)23-34(30)49-24-36(32,2)27-16-18-28(19-17-27)50-25-46-3/h8,10,16-21,23,31-32H,5-7,9,11-15,22,24-26H2,1-4H3. The molecule has 0 bridgehead atoms. The Bertz CT molecular complexity index is 1410. The summed E-state index contributed by atoms with van der Waals surface area (Å²) >= 11 is 0. The van der Waals surface area contributed by atoms with Gasteiger partial charge >= 0.3 is 18.1 Å². The number of benzene rings is 2. The summed E-state index contributed by atoms with van der Waals surface area (Å²) in [5.41, 5.74) is 1.77. The van der Waals surface area contributed by atoms with E-state index in [-0.39, 0.29) is 37.9 Å². The molecule has 2 aromatic carbocycles. The Kier molecular flexibility index (Phi) is 16.2. The molecule has 0 fully saturated rings. The number of halogens is 5. The fraction of sp³-hybridized carbons (Fsp3) is 0.579. The van der Waals surface area contributed by atoms with Crippen LogP contribution >= 0.6 is 0 Å². The van der Waals surface area contributed by atoms with Gasteiger partial charge in [-0.1, -0.05) is 43.7 Å². The van der Waals surface area contributed by atoms with Crippen LogP contribution in [-0.4, -0.2) is 64.9 Å². The summed E-state index contributed by atoms with van der Waals surface area (Å²) in [5, 5.41) is 0. The Hall–Kier alpha value is -3.71. The number of fused-ring (bicyclic) bond motifs is 1. The Labute approximate surface area is 296 Å². The lowest BCUT2D eigenvalue weighted by atomic mass is 9.66. The largest absolute Gasteiger partial charge is 0.492 e. The minimum absolute atomic E-state index is 0.00541. The summed E-state index contributed by atoms with van der Waals surface area (Å²) in [6, 6.07) is 13.7. The molecule has 3 atom stereocenters. The Morgan fingerprint density at radius 1 is 0.922 bits per heavy atom. The van der Waals surface area contributed by atoms with Crippen molar-refractivity contribution >= 4 is 11.8 Å². The molecule has 0 spiro atoms. The molecular weight excluding hydrogens is 679 g/mol. The molecule has 0 radical (unpaired) electrons. The predicted octanol–water partition coefficient (Wildman–Crippen LogP) is 9.10. The van der Waals surface area contributed by atoms with Gasteiger partial charge in [0.2, 0.25) is 0 Å². The molecule has 13 heteroatoms. The summed E-state index contributed by atoms with van der Waals surface area (Å²) in [4.78, 5) is 25.1. The monoisotopic (exact) mass is 728 g/mol. The van der Waals surface area contributed by atoms with Gasteiger partial charge in [0.1, 0.15) is 28.9 Å². The normalized spacial score (nSPS) is 18.2. The van der Waals surface area contributed by atoms with Crippen molar-refractivity contribution in [2.75, 3.05) is 41.0 Å². The third-order valence-corrected chi connectivity index (χ3v) is 9.05. The van der Waals surface area contributed by atoms with Crippen LogP contribution in [0.2, 0.25) is 0 Å². The smallest absolute Gasteiger partial charge is 0.453 e. The minimum Gasteiger partial charge on any atom is -0.492 e. The van der Waals surface area contributed by atoms with Crippen molar-refractivity contribution in [2.24, 2.45) is 5.92 Å². The van der Waals surface area contributed by atoms with Crippen molar-refractivity contribution in [3.8, 4) is 17.2 Å². The molecule has 284 valence electrons. The number of unbranched alkanes of at least 4 members (excludes halogenated alkanes) is 3. The van der Waals surface area contributed by atoms with Gasteiger partial charge in [-0.25, -0.2) is 0 Å². The lowest BCUT2D eigenvalue weighted by Crippen LogP contribution is -2.40. The second-order valence-corrected chi connectivity index (χ2v) is 12.8. The molecule has 0 saturated heterocycles. The van der Waals surface area contributed by atoms with Crippen LogP contribution in [0, 0.1) is 5.92 Å². The molecule has 0 amide bonds. The van der Waals surface area contributed by atoms with Gasteiger partial charge in [-0.2, -0.15) is 22.0 Å². The molecular formula is C38H49F5O8. The van der Waals surface area contributed by atoms with Gasteiger partial charge in [0, 0.05) is 44.5 Å². The van der Waals surface area contributed by atoms with E-state index < -0.39 is 49.0 Å². The Morgan fingerprint density at radius 2 is 1.59 bits per heavy atom. The number of alkyl halides is 5. The molecule has 2 aromatic rings. The van der Waals surface area contributed by atoms with Crippen LogP contribution in [0.5, 0.6) is 17.2 Å². The third kappa shape index (κ3) is 11.9. The topological polar surface area (TPSA) is 89.5 Å². The summed E-state index contributed by atoms with van der Waals surface area (Å²) in [5.74, 6) is -5.50. The molecule has 3 unspecified atom stereocenters. The highest BCUT2D eigenvalue weighted by Crippen LogP contribution is 2.49. The highest BCUT2D eigenvalue weighted by atomic mass is 19.4. The molecule has 0 aliphatic carbocycles. The maximum atomic E-state index is 13.3. The van der Waals surface area contributed by atoms with Crippen molar-refractivity contribution in [1.82, 2.24) is 0 Å². The van der Waals surface area contributed by atoms with E-state index in [0.29, 0.717) is 30.9 Å².